The quantitative estimate of drug-likeness (QED) is 0.457. The zero-order valence-corrected chi connectivity index (χ0v) is 6.82. The maximum Gasteiger partial charge on any atom is 0.573 e. The van der Waals surface area contributed by atoms with Gasteiger partial charge in [-0.1, -0.05) is 5.16 Å². The Bertz CT molecular complexity index is 318. The molecule has 0 unspecified atom stereocenters. The van der Waals surface area contributed by atoms with Gasteiger partial charge in [0, 0.05) is 0 Å². The lowest BCUT2D eigenvalue weighted by Crippen LogP contribution is -2.16. The van der Waals surface area contributed by atoms with Crippen LogP contribution in [-0.4, -0.2) is 17.8 Å². The highest BCUT2D eigenvalue weighted by atomic mass is 19.4. The van der Waals surface area contributed by atoms with Crippen molar-refractivity contribution in [3.8, 4) is 5.75 Å². The number of rotatable bonds is 2. The maximum atomic E-state index is 11.7. The molecule has 0 saturated carbocycles. The van der Waals surface area contributed by atoms with Gasteiger partial charge in [-0.2, -0.15) is 0 Å². The van der Waals surface area contributed by atoms with E-state index in [-0.39, 0.29) is 5.75 Å². The lowest BCUT2D eigenvalue weighted by atomic mass is 10.2. The van der Waals surface area contributed by atoms with E-state index in [9.17, 15) is 13.2 Å². The molecular weight excluding hydrogens is 199 g/mol. The summed E-state index contributed by atoms with van der Waals surface area (Å²) in [4.78, 5) is 0. The molecule has 0 saturated heterocycles. The van der Waals surface area contributed by atoms with Crippen molar-refractivity contribution in [2.75, 3.05) is 0 Å². The van der Waals surface area contributed by atoms with E-state index < -0.39 is 6.36 Å². The summed E-state index contributed by atoms with van der Waals surface area (Å²) in [6, 6.07) is 4.93. The summed E-state index contributed by atoms with van der Waals surface area (Å²) >= 11 is 0. The van der Waals surface area contributed by atoms with Gasteiger partial charge in [-0.05, 0) is 29.8 Å². The molecule has 14 heavy (non-hydrogen) atoms. The Morgan fingerprint density at radius 1 is 1.21 bits per heavy atom. The van der Waals surface area contributed by atoms with E-state index in [1.165, 1.54) is 12.1 Å². The molecule has 1 N–H and O–H groups in total. The van der Waals surface area contributed by atoms with E-state index >= 15 is 0 Å². The molecule has 1 aromatic rings. The van der Waals surface area contributed by atoms with Crippen LogP contribution in [0.5, 0.6) is 5.75 Å². The first-order valence-electron chi connectivity index (χ1n) is 3.54. The largest absolute Gasteiger partial charge is 0.573 e. The number of benzene rings is 1. The molecular formula is C8H6F3NO2. The maximum absolute atomic E-state index is 11.7. The number of oxime groups is 1. The Labute approximate surface area is 77.4 Å². The Kier molecular flexibility index (Phi) is 2.95. The van der Waals surface area contributed by atoms with Crippen molar-refractivity contribution in [2.24, 2.45) is 5.16 Å². The summed E-state index contributed by atoms with van der Waals surface area (Å²) in [6.07, 6.45) is -3.59. The fourth-order valence-corrected chi connectivity index (χ4v) is 0.822. The van der Waals surface area contributed by atoms with Gasteiger partial charge in [0.25, 0.3) is 0 Å². The number of ether oxygens (including phenoxy) is 1. The van der Waals surface area contributed by atoms with Crippen LogP contribution in [0.4, 0.5) is 13.2 Å². The van der Waals surface area contributed by atoms with Crippen LogP contribution in [0.3, 0.4) is 0 Å². The van der Waals surface area contributed by atoms with Crippen molar-refractivity contribution in [2.45, 2.75) is 6.36 Å². The summed E-state index contributed by atoms with van der Waals surface area (Å²) in [5, 5.41) is 10.9. The Morgan fingerprint density at radius 3 is 2.21 bits per heavy atom. The molecule has 0 heterocycles. The molecule has 0 aliphatic carbocycles. The summed E-state index contributed by atoms with van der Waals surface area (Å²) < 4.78 is 38.7. The molecule has 0 fully saturated rings. The minimum absolute atomic E-state index is 0.312. The average molecular weight is 205 g/mol. The van der Waals surface area contributed by atoms with Crippen molar-refractivity contribution in [3.63, 3.8) is 0 Å². The highest BCUT2D eigenvalue weighted by molar-refractivity contribution is 5.79. The first-order valence-corrected chi connectivity index (χ1v) is 3.54. The molecule has 0 atom stereocenters. The summed E-state index contributed by atoms with van der Waals surface area (Å²) in [6.45, 7) is 0. The van der Waals surface area contributed by atoms with Gasteiger partial charge in [-0.25, -0.2) is 0 Å². The molecule has 0 aliphatic rings. The molecule has 0 spiro atoms. The number of hydrogen-bond donors (Lipinski definition) is 1. The SMILES string of the molecule is O/N=C\c1ccc(OC(F)(F)F)cc1. The van der Waals surface area contributed by atoms with Gasteiger partial charge in [0.05, 0.1) is 6.21 Å². The predicted octanol–water partition coefficient (Wildman–Crippen LogP) is 2.39. The smallest absolute Gasteiger partial charge is 0.411 e. The summed E-state index contributed by atoms with van der Waals surface area (Å²) in [7, 11) is 0. The van der Waals surface area contributed by atoms with E-state index in [2.05, 4.69) is 9.89 Å². The highest BCUT2D eigenvalue weighted by Gasteiger charge is 2.30. The molecule has 3 nitrogen and oxygen atoms in total. The topological polar surface area (TPSA) is 41.8 Å². The summed E-state index contributed by atoms with van der Waals surface area (Å²) in [5.41, 5.74) is 0.474. The Hall–Kier alpha value is -1.72. The lowest BCUT2D eigenvalue weighted by molar-refractivity contribution is -0.274. The molecule has 0 aromatic heterocycles. The lowest BCUT2D eigenvalue weighted by Gasteiger charge is -2.08. The van der Waals surface area contributed by atoms with Crippen LogP contribution >= 0.6 is 0 Å². The molecule has 0 radical (unpaired) electrons. The van der Waals surface area contributed by atoms with Gasteiger partial charge in [0.1, 0.15) is 5.75 Å². The first kappa shape index (κ1) is 10.4. The van der Waals surface area contributed by atoms with Crippen molar-refractivity contribution in [1.29, 1.82) is 0 Å². The first-order chi connectivity index (χ1) is 6.51. The average Bonchev–Trinajstić information content (AvgIpc) is 2.06. The van der Waals surface area contributed by atoms with Crippen molar-refractivity contribution >= 4 is 6.21 Å². The van der Waals surface area contributed by atoms with Crippen LogP contribution in [0.15, 0.2) is 29.4 Å². The van der Waals surface area contributed by atoms with Crippen molar-refractivity contribution in [3.05, 3.63) is 29.8 Å². The zero-order valence-electron chi connectivity index (χ0n) is 6.82. The van der Waals surface area contributed by atoms with Crippen molar-refractivity contribution < 1.29 is 23.1 Å². The molecule has 6 heteroatoms. The number of halogens is 3. The van der Waals surface area contributed by atoms with Gasteiger partial charge in [-0.3, -0.25) is 0 Å². The van der Waals surface area contributed by atoms with Gasteiger partial charge in [-0.15, -0.1) is 13.2 Å². The van der Waals surface area contributed by atoms with Gasteiger partial charge >= 0.3 is 6.36 Å². The van der Waals surface area contributed by atoms with Crippen LogP contribution in [0.2, 0.25) is 0 Å². The van der Waals surface area contributed by atoms with Crippen LogP contribution in [-0.2, 0) is 0 Å². The molecule has 0 aliphatic heterocycles. The number of alkyl halides is 3. The monoisotopic (exact) mass is 205 g/mol. The fourth-order valence-electron chi connectivity index (χ4n) is 0.822. The standard InChI is InChI=1S/C8H6F3NO2/c9-8(10,11)14-7-3-1-6(2-4-7)5-12-13/h1-5,13H/b12-5-. The second-order valence-corrected chi connectivity index (χ2v) is 2.36. The summed E-state index contributed by atoms with van der Waals surface area (Å²) in [5.74, 6) is -0.312. The van der Waals surface area contributed by atoms with Gasteiger partial charge in [0.2, 0.25) is 0 Å². The normalized spacial score (nSPS) is 11.9. The van der Waals surface area contributed by atoms with E-state index in [4.69, 9.17) is 5.21 Å². The molecule has 1 aromatic carbocycles. The Balaban J connectivity index is 2.74. The second-order valence-electron chi connectivity index (χ2n) is 2.36. The molecule has 1 rings (SSSR count). The molecule has 0 amide bonds. The second kappa shape index (κ2) is 3.99. The van der Waals surface area contributed by atoms with E-state index in [1.54, 1.807) is 0 Å². The number of hydrogen-bond acceptors (Lipinski definition) is 3. The van der Waals surface area contributed by atoms with E-state index in [0.29, 0.717) is 5.56 Å². The Morgan fingerprint density at radius 2 is 1.79 bits per heavy atom. The van der Waals surface area contributed by atoms with Crippen LogP contribution in [0, 0.1) is 0 Å². The third kappa shape index (κ3) is 3.34. The highest BCUT2D eigenvalue weighted by Crippen LogP contribution is 2.22. The minimum atomic E-state index is -4.69. The van der Waals surface area contributed by atoms with Crippen LogP contribution < -0.4 is 4.74 Å². The molecule has 0 bridgehead atoms. The number of nitrogens with zero attached hydrogens (tertiary/aromatic N) is 1. The van der Waals surface area contributed by atoms with E-state index in [0.717, 1.165) is 18.3 Å². The minimum Gasteiger partial charge on any atom is -0.411 e. The van der Waals surface area contributed by atoms with Gasteiger partial charge in [0.15, 0.2) is 0 Å². The van der Waals surface area contributed by atoms with Crippen molar-refractivity contribution in [1.82, 2.24) is 0 Å². The fraction of sp³-hybridized carbons (Fsp3) is 0.125. The zero-order chi connectivity index (χ0) is 10.6. The molecule has 76 valence electrons. The van der Waals surface area contributed by atoms with Crippen LogP contribution in [0.25, 0.3) is 0 Å². The van der Waals surface area contributed by atoms with Gasteiger partial charge < -0.3 is 9.94 Å². The van der Waals surface area contributed by atoms with E-state index in [1.807, 2.05) is 0 Å². The predicted molar refractivity (Wildman–Crippen MR) is 42.5 cm³/mol. The van der Waals surface area contributed by atoms with Crippen LogP contribution in [0.1, 0.15) is 5.56 Å². The third-order valence-corrected chi connectivity index (χ3v) is 1.32. The third-order valence-electron chi connectivity index (χ3n) is 1.32.